The summed E-state index contributed by atoms with van der Waals surface area (Å²) in [6.07, 6.45) is 4.32. The molecular weight excluding hydrogens is 182 g/mol. The quantitative estimate of drug-likeness (QED) is 0.751. The van der Waals surface area contributed by atoms with Crippen LogP contribution in [0.4, 0.5) is 0 Å². The normalized spacial score (nSPS) is 16.0. The highest BCUT2D eigenvalue weighted by atomic mass is 16.4. The van der Waals surface area contributed by atoms with Gasteiger partial charge in [0, 0.05) is 13.0 Å². The Bertz CT molecular complexity index is 346. The van der Waals surface area contributed by atoms with E-state index in [0.29, 0.717) is 5.82 Å². The third-order valence-electron chi connectivity index (χ3n) is 2.50. The Kier molecular flexibility index (Phi) is 2.47. The maximum absolute atomic E-state index is 10.6. The molecule has 0 spiro atoms. The van der Waals surface area contributed by atoms with Crippen molar-refractivity contribution in [3.05, 3.63) is 11.6 Å². The van der Waals surface area contributed by atoms with Crippen molar-refractivity contribution in [2.75, 3.05) is 0 Å². The number of hydrogen-bond acceptors (Lipinski definition) is 3. The number of carbonyl (C=O) groups is 1. The SMILES string of the molecule is O=C(O)Cc1nnc2n1CCCCC2. The molecule has 0 aromatic carbocycles. The fourth-order valence-electron chi connectivity index (χ4n) is 1.81. The van der Waals surface area contributed by atoms with Crippen molar-refractivity contribution in [3.8, 4) is 0 Å². The average molecular weight is 195 g/mol. The van der Waals surface area contributed by atoms with Crippen molar-refractivity contribution in [2.24, 2.45) is 0 Å². The first-order chi connectivity index (χ1) is 6.77. The van der Waals surface area contributed by atoms with E-state index in [4.69, 9.17) is 5.11 Å². The topological polar surface area (TPSA) is 68.0 Å². The average Bonchev–Trinajstić information content (AvgIpc) is 2.37. The van der Waals surface area contributed by atoms with Crippen molar-refractivity contribution in [1.29, 1.82) is 0 Å². The summed E-state index contributed by atoms with van der Waals surface area (Å²) in [5, 5.41) is 16.6. The Labute approximate surface area is 81.8 Å². The van der Waals surface area contributed by atoms with Gasteiger partial charge in [-0.25, -0.2) is 0 Å². The van der Waals surface area contributed by atoms with Crippen LogP contribution in [0.15, 0.2) is 0 Å². The van der Waals surface area contributed by atoms with Gasteiger partial charge in [0.15, 0.2) is 0 Å². The fraction of sp³-hybridized carbons (Fsp3) is 0.667. The molecule has 0 fully saturated rings. The fourth-order valence-corrected chi connectivity index (χ4v) is 1.81. The number of carboxylic acid groups (broad SMARTS) is 1. The largest absolute Gasteiger partial charge is 0.481 e. The predicted octanol–water partition coefficient (Wildman–Crippen LogP) is 0.632. The van der Waals surface area contributed by atoms with E-state index in [9.17, 15) is 4.79 Å². The van der Waals surface area contributed by atoms with Crippen molar-refractivity contribution < 1.29 is 9.90 Å². The Morgan fingerprint density at radius 3 is 3.00 bits per heavy atom. The number of hydrogen-bond donors (Lipinski definition) is 1. The minimum absolute atomic E-state index is 0.0208. The van der Waals surface area contributed by atoms with E-state index in [1.807, 2.05) is 4.57 Å². The third-order valence-corrected chi connectivity index (χ3v) is 2.50. The standard InChI is InChI=1S/C9H13N3O2/c13-9(14)6-8-11-10-7-4-2-1-3-5-12(7)8/h1-6H2,(H,13,14). The van der Waals surface area contributed by atoms with Gasteiger partial charge in [0.25, 0.3) is 0 Å². The molecule has 0 aliphatic carbocycles. The van der Waals surface area contributed by atoms with Crippen molar-refractivity contribution in [3.63, 3.8) is 0 Å². The molecule has 0 bridgehead atoms. The minimum Gasteiger partial charge on any atom is -0.481 e. The van der Waals surface area contributed by atoms with Gasteiger partial charge >= 0.3 is 5.97 Å². The summed E-state index contributed by atoms with van der Waals surface area (Å²) in [6.45, 7) is 0.866. The first kappa shape index (κ1) is 9.18. The van der Waals surface area contributed by atoms with Gasteiger partial charge < -0.3 is 9.67 Å². The summed E-state index contributed by atoms with van der Waals surface area (Å²) in [6, 6.07) is 0. The molecule has 0 saturated heterocycles. The molecule has 0 unspecified atom stereocenters. The Hall–Kier alpha value is -1.39. The van der Waals surface area contributed by atoms with Crippen molar-refractivity contribution in [1.82, 2.24) is 14.8 Å². The van der Waals surface area contributed by atoms with Crippen molar-refractivity contribution in [2.45, 2.75) is 38.6 Å². The zero-order valence-electron chi connectivity index (χ0n) is 7.94. The number of aryl methyl sites for hydroxylation is 1. The van der Waals surface area contributed by atoms with E-state index in [1.165, 1.54) is 6.42 Å². The molecule has 1 aliphatic rings. The first-order valence-electron chi connectivity index (χ1n) is 4.90. The maximum Gasteiger partial charge on any atom is 0.311 e. The van der Waals surface area contributed by atoms with Crippen LogP contribution in [-0.2, 0) is 24.2 Å². The number of nitrogens with zero attached hydrogens (tertiary/aromatic N) is 3. The smallest absolute Gasteiger partial charge is 0.311 e. The van der Waals surface area contributed by atoms with E-state index in [1.54, 1.807) is 0 Å². The lowest BCUT2D eigenvalue weighted by Crippen LogP contribution is -2.10. The van der Waals surface area contributed by atoms with Gasteiger partial charge in [0.2, 0.25) is 0 Å². The summed E-state index contributed by atoms with van der Waals surface area (Å²) in [5.74, 6) is 0.692. The number of aliphatic carboxylic acids is 1. The number of carboxylic acids is 1. The first-order valence-corrected chi connectivity index (χ1v) is 4.90. The number of rotatable bonds is 2. The highest BCUT2D eigenvalue weighted by Gasteiger charge is 2.16. The van der Waals surface area contributed by atoms with Gasteiger partial charge in [0.05, 0.1) is 0 Å². The van der Waals surface area contributed by atoms with Crippen LogP contribution in [0.2, 0.25) is 0 Å². The molecule has 1 aromatic heterocycles. The summed E-state index contributed by atoms with van der Waals surface area (Å²) in [5.41, 5.74) is 0. The predicted molar refractivity (Wildman–Crippen MR) is 48.9 cm³/mol. The zero-order valence-corrected chi connectivity index (χ0v) is 7.94. The Balaban J connectivity index is 2.24. The van der Waals surface area contributed by atoms with Gasteiger partial charge in [-0.15, -0.1) is 10.2 Å². The molecular formula is C9H13N3O2. The second-order valence-electron chi connectivity index (χ2n) is 3.57. The number of fused-ring (bicyclic) bond motifs is 1. The number of aromatic nitrogens is 3. The van der Waals surface area contributed by atoms with Crippen LogP contribution < -0.4 is 0 Å². The Morgan fingerprint density at radius 2 is 2.21 bits per heavy atom. The van der Waals surface area contributed by atoms with Crippen molar-refractivity contribution >= 4 is 5.97 Å². The second kappa shape index (κ2) is 3.77. The van der Waals surface area contributed by atoms with E-state index in [0.717, 1.165) is 31.6 Å². The van der Waals surface area contributed by atoms with Gasteiger partial charge in [-0.05, 0) is 12.8 Å². The molecule has 76 valence electrons. The summed E-state index contributed by atoms with van der Waals surface area (Å²) in [4.78, 5) is 10.6. The molecule has 5 nitrogen and oxygen atoms in total. The molecule has 0 radical (unpaired) electrons. The van der Waals surface area contributed by atoms with Crippen LogP contribution in [0.3, 0.4) is 0 Å². The van der Waals surface area contributed by atoms with E-state index >= 15 is 0 Å². The molecule has 0 atom stereocenters. The lowest BCUT2D eigenvalue weighted by molar-refractivity contribution is -0.136. The van der Waals surface area contributed by atoms with Gasteiger partial charge in [-0.1, -0.05) is 6.42 Å². The molecule has 2 heterocycles. The second-order valence-corrected chi connectivity index (χ2v) is 3.57. The lowest BCUT2D eigenvalue weighted by atomic mass is 10.2. The monoisotopic (exact) mass is 195 g/mol. The van der Waals surface area contributed by atoms with E-state index < -0.39 is 5.97 Å². The molecule has 1 N–H and O–H groups in total. The van der Waals surface area contributed by atoms with E-state index in [2.05, 4.69) is 10.2 Å². The van der Waals surface area contributed by atoms with E-state index in [-0.39, 0.29) is 6.42 Å². The molecule has 0 amide bonds. The zero-order chi connectivity index (χ0) is 9.97. The molecule has 1 aromatic rings. The van der Waals surface area contributed by atoms with Gasteiger partial charge in [0.1, 0.15) is 18.1 Å². The molecule has 14 heavy (non-hydrogen) atoms. The molecule has 0 saturated carbocycles. The van der Waals surface area contributed by atoms with Crippen LogP contribution in [0, 0.1) is 0 Å². The van der Waals surface area contributed by atoms with Crippen LogP contribution in [0.5, 0.6) is 0 Å². The van der Waals surface area contributed by atoms with Crippen LogP contribution in [-0.4, -0.2) is 25.8 Å². The lowest BCUT2D eigenvalue weighted by Gasteiger charge is -2.04. The summed E-state index contributed by atoms with van der Waals surface area (Å²) < 4.78 is 1.96. The van der Waals surface area contributed by atoms with Gasteiger partial charge in [-0.2, -0.15) is 0 Å². The molecule has 1 aliphatic heterocycles. The highest BCUT2D eigenvalue weighted by molar-refractivity contribution is 5.69. The maximum atomic E-state index is 10.6. The molecule has 2 rings (SSSR count). The molecule has 5 heteroatoms. The Morgan fingerprint density at radius 1 is 1.36 bits per heavy atom. The van der Waals surface area contributed by atoms with Crippen LogP contribution in [0.25, 0.3) is 0 Å². The minimum atomic E-state index is -0.843. The third kappa shape index (κ3) is 1.76. The van der Waals surface area contributed by atoms with Crippen LogP contribution >= 0.6 is 0 Å². The van der Waals surface area contributed by atoms with Crippen LogP contribution in [0.1, 0.15) is 30.9 Å². The van der Waals surface area contributed by atoms with Gasteiger partial charge in [-0.3, -0.25) is 4.79 Å². The highest BCUT2D eigenvalue weighted by Crippen LogP contribution is 2.14. The summed E-state index contributed by atoms with van der Waals surface area (Å²) >= 11 is 0. The summed E-state index contributed by atoms with van der Waals surface area (Å²) in [7, 11) is 0.